The van der Waals surface area contributed by atoms with E-state index in [0.717, 1.165) is 23.3 Å². The number of nitrogens with one attached hydrogen (secondary N) is 1. The van der Waals surface area contributed by atoms with E-state index in [1.807, 2.05) is 49.4 Å². The van der Waals surface area contributed by atoms with Gasteiger partial charge in [0.25, 0.3) is 0 Å². The van der Waals surface area contributed by atoms with Crippen LogP contribution >= 0.6 is 0 Å². The summed E-state index contributed by atoms with van der Waals surface area (Å²) < 4.78 is 18.0. The van der Waals surface area contributed by atoms with Crippen molar-refractivity contribution in [2.24, 2.45) is 0 Å². The molecule has 23 heavy (non-hydrogen) atoms. The Hall–Kier alpha value is -2.14. The van der Waals surface area contributed by atoms with E-state index in [2.05, 4.69) is 5.32 Å². The molecule has 1 amide bonds. The lowest BCUT2D eigenvalue weighted by atomic mass is 10.1. The summed E-state index contributed by atoms with van der Waals surface area (Å²) in [7, 11) is -1.32. The highest BCUT2D eigenvalue weighted by atomic mass is 32.2. The van der Waals surface area contributed by atoms with Crippen molar-refractivity contribution < 1.29 is 13.7 Å². The lowest BCUT2D eigenvalue weighted by Gasteiger charge is -2.12. The molecule has 3 rings (SSSR count). The minimum Gasteiger partial charge on any atom is -0.488 e. The van der Waals surface area contributed by atoms with Gasteiger partial charge in [-0.05, 0) is 36.2 Å². The standard InChI is InChI=1S/C18H19NO3S/c1-13-5-4-7-16(9-13)23(21)12-18(20)19-11-15-10-14-6-2-3-8-17(14)22-15/h2-9,15H,10-12H2,1H3,(H,19,20)/t15-,23+/m0/s1. The average Bonchev–Trinajstić information content (AvgIpc) is 2.96. The van der Waals surface area contributed by atoms with E-state index in [-0.39, 0.29) is 17.8 Å². The summed E-state index contributed by atoms with van der Waals surface area (Å²) in [5, 5.41) is 2.82. The first-order valence-corrected chi connectivity index (χ1v) is 8.90. The molecular weight excluding hydrogens is 310 g/mol. The molecule has 5 heteroatoms. The average molecular weight is 329 g/mol. The maximum atomic E-state index is 12.2. The number of carbonyl (C=O) groups excluding carboxylic acids is 1. The van der Waals surface area contributed by atoms with Gasteiger partial charge in [0.2, 0.25) is 5.91 Å². The quantitative estimate of drug-likeness (QED) is 0.915. The highest BCUT2D eigenvalue weighted by molar-refractivity contribution is 7.85. The first kappa shape index (κ1) is 15.7. The number of benzene rings is 2. The Bertz CT molecular complexity index is 720. The van der Waals surface area contributed by atoms with Gasteiger partial charge in [-0.1, -0.05) is 30.3 Å². The van der Waals surface area contributed by atoms with Gasteiger partial charge in [0.15, 0.2) is 0 Å². The molecule has 1 heterocycles. The third-order valence-electron chi connectivity index (χ3n) is 3.76. The molecule has 0 spiro atoms. The SMILES string of the molecule is Cc1cccc([S@](=O)CC(=O)NC[C@@H]2Cc3ccccc3O2)c1. The van der Waals surface area contributed by atoms with Gasteiger partial charge in [-0.3, -0.25) is 9.00 Å². The smallest absolute Gasteiger partial charge is 0.233 e. The Morgan fingerprint density at radius 3 is 2.87 bits per heavy atom. The van der Waals surface area contributed by atoms with E-state index in [9.17, 15) is 9.00 Å². The molecule has 0 aromatic heterocycles. The van der Waals surface area contributed by atoms with Crippen LogP contribution in [0.5, 0.6) is 5.75 Å². The Balaban J connectivity index is 1.48. The molecular formula is C18H19NO3S. The molecule has 0 fully saturated rings. The fourth-order valence-electron chi connectivity index (χ4n) is 2.61. The van der Waals surface area contributed by atoms with Crippen molar-refractivity contribution in [3.05, 3.63) is 59.7 Å². The summed E-state index contributed by atoms with van der Waals surface area (Å²) in [6.45, 7) is 2.37. The van der Waals surface area contributed by atoms with Gasteiger partial charge in [0.05, 0.1) is 17.3 Å². The van der Waals surface area contributed by atoms with Crippen LogP contribution < -0.4 is 10.1 Å². The molecule has 2 atom stereocenters. The molecule has 1 N–H and O–H groups in total. The first-order chi connectivity index (χ1) is 11.1. The fourth-order valence-corrected chi connectivity index (χ4v) is 3.66. The number of hydrogen-bond acceptors (Lipinski definition) is 3. The van der Waals surface area contributed by atoms with Gasteiger partial charge in [-0.25, -0.2) is 0 Å². The summed E-state index contributed by atoms with van der Waals surface area (Å²) in [4.78, 5) is 12.7. The van der Waals surface area contributed by atoms with E-state index in [4.69, 9.17) is 4.74 Å². The number of carbonyl (C=O) groups is 1. The number of ether oxygens (including phenoxy) is 1. The van der Waals surface area contributed by atoms with Crippen LogP contribution in [0.15, 0.2) is 53.4 Å². The number of para-hydroxylation sites is 1. The normalized spacial score (nSPS) is 17.2. The number of rotatable bonds is 5. The zero-order valence-corrected chi connectivity index (χ0v) is 13.8. The number of hydrogen-bond donors (Lipinski definition) is 1. The second kappa shape index (κ2) is 6.96. The predicted octanol–water partition coefficient (Wildman–Crippen LogP) is 2.22. The fraction of sp³-hybridized carbons (Fsp3) is 0.278. The highest BCUT2D eigenvalue weighted by Gasteiger charge is 2.22. The third kappa shape index (κ3) is 3.99. The van der Waals surface area contributed by atoms with Gasteiger partial charge in [0.1, 0.15) is 17.6 Å². The molecule has 120 valence electrons. The van der Waals surface area contributed by atoms with Crippen molar-refractivity contribution in [2.45, 2.75) is 24.3 Å². The van der Waals surface area contributed by atoms with Gasteiger partial charge in [-0.15, -0.1) is 0 Å². The Labute approximate surface area is 138 Å². The monoisotopic (exact) mass is 329 g/mol. The van der Waals surface area contributed by atoms with Crippen molar-refractivity contribution in [3.8, 4) is 5.75 Å². The summed E-state index contributed by atoms with van der Waals surface area (Å²) in [6.07, 6.45) is 0.737. The van der Waals surface area contributed by atoms with Crippen LogP contribution in [0.25, 0.3) is 0 Å². The van der Waals surface area contributed by atoms with E-state index >= 15 is 0 Å². The van der Waals surface area contributed by atoms with Crippen molar-refractivity contribution in [3.63, 3.8) is 0 Å². The van der Waals surface area contributed by atoms with E-state index in [0.29, 0.717) is 11.4 Å². The molecule has 1 aliphatic heterocycles. The van der Waals surface area contributed by atoms with Crippen molar-refractivity contribution in [1.82, 2.24) is 5.32 Å². The zero-order valence-electron chi connectivity index (χ0n) is 13.0. The lowest BCUT2D eigenvalue weighted by molar-refractivity contribution is -0.118. The van der Waals surface area contributed by atoms with E-state index < -0.39 is 10.8 Å². The molecule has 0 saturated heterocycles. The molecule has 0 radical (unpaired) electrons. The van der Waals surface area contributed by atoms with E-state index in [1.165, 1.54) is 0 Å². The highest BCUT2D eigenvalue weighted by Crippen LogP contribution is 2.27. The molecule has 0 unspecified atom stereocenters. The van der Waals surface area contributed by atoms with Crippen LogP contribution in [0.2, 0.25) is 0 Å². The predicted molar refractivity (Wildman–Crippen MR) is 90.0 cm³/mol. The van der Waals surface area contributed by atoms with Crippen LogP contribution in [-0.2, 0) is 22.0 Å². The van der Waals surface area contributed by atoms with Crippen LogP contribution in [0.4, 0.5) is 0 Å². The first-order valence-electron chi connectivity index (χ1n) is 7.58. The largest absolute Gasteiger partial charge is 0.488 e. The molecule has 0 bridgehead atoms. The molecule has 0 aliphatic carbocycles. The molecule has 2 aromatic rings. The molecule has 2 aromatic carbocycles. The number of amides is 1. The van der Waals surface area contributed by atoms with E-state index in [1.54, 1.807) is 6.07 Å². The lowest BCUT2D eigenvalue weighted by Crippen LogP contribution is -2.36. The molecule has 4 nitrogen and oxygen atoms in total. The van der Waals surface area contributed by atoms with Crippen molar-refractivity contribution in [1.29, 1.82) is 0 Å². The topological polar surface area (TPSA) is 55.4 Å². The number of fused-ring (bicyclic) bond motifs is 1. The second-order valence-corrected chi connectivity index (χ2v) is 7.11. The van der Waals surface area contributed by atoms with Crippen LogP contribution in [0.3, 0.4) is 0 Å². The summed E-state index contributed by atoms with van der Waals surface area (Å²) in [5.41, 5.74) is 2.20. The van der Waals surface area contributed by atoms with Gasteiger partial charge < -0.3 is 10.1 Å². The van der Waals surface area contributed by atoms with Crippen LogP contribution in [0, 0.1) is 6.92 Å². The van der Waals surface area contributed by atoms with Gasteiger partial charge >= 0.3 is 0 Å². The molecule has 0 saturated carbocycles. The van der Waals surface area contributed by atoms with Crippen molar-refractivity contribution in [2.75, 3.05) is 12.3 Å². The van der Waals surface area contributed by atoms with Crippen LogP contribution in [0.1, 0.15) is 11.1 Å². The Morgan fingerprint density at radius 1 is 1.26 bits per heavy atom. The Morgan fingerprint density at radius 2 is 2.09 bits per heavy atom. The number of aryl methyl sites for hydroxylation is 1. The van der Waals surface area contributed by atoms with Crippen LogP contribution in [-0.4, -0.2) is 28.5 Å². The summed E-state index contributed by atoms with van der Waals surface area (Å²) in [6, 6.07) is 15.3. The molecule has 1 aliphatic rings. The minimum atomic E-state index is -1.32. The van der Waals surface area contributed by atoms with Gasteiger partial charge in [0, 0.05) is 11.3 Å². The Kier molecular flexibility index (Phi) is 4.76. The second-order valence-electron chi connectivity index (χ2n) is 5.66. The maximum absolute atomic E-state index is 12.2. The summed E-state index contributed by atoms with van der Waals surface area (Å²) in [5.74, 6) is 0.642. The third-order valence-corrected chi connectivity index (χ3v) is 5.06. The zero-order chi connectivity index (χ0) is 16.2. The minimum absolute atomic E-state index is 0.0247. The maximum Gasteiger partial charge on any atom is 0.233 e. The van der Waals surface area contributed by atoms with Crippen molar-refractivity contribution >= 4 is 16.7 Å². The van der Waals surface area contributed by atoms with Gasteiger partial charge in [-0.2, -0.15) is 0 Å². The summed E-state index contributed by atoms with van der Waals surface area (Å²) >= 11 is 0.